The smallest absolute Gasteiger partial charge is 0.252 e. The van der Waals surface area contributed by atoms with Crippen LogP contribution in [0.25, 0.3) is 0 Å². The number of aromatic nitrogens is 1. The lowest BCUT2D eigenvalue weighted by Crippen LogP contribution is -2.28. The zero-order valence-corrected chi connectivity index (χ0v) is 11.7. The Morgan fingerprint density at radius 2 is 1.90 bits per heavy atom. The molecule has 2 rings (SSSR count). The van der Waals surface area contributed by atoms with Crippen LogP contribution in [-0.2, 0) is 0 Å². The molecule has 4 heteroatoms. The van der Waals surface area contributed by atoms with Crippen LogP contribution in [0.15, 0.2) is 42.6 Å². The molecule has 0 atom stereocenters. The highest BCUT2D eigenvalue weighted by Crippen LogP contribution is 2.10. The van der Waals surface area contributed by atoms with Crippen LogP contribution in [0, 0.1) is 13.8 Å². The lowest BCUT2D eigenvalue weighted by molar-refractivity contribution is 0.0946. The summed E-state index contributed by atoms with van der Waals surface area (Å²) in [5.74, 6) is 0.673. The van der Waals surface area contributed by atoms with Crippen molar-refractivity contribution >= 4 is 5.91 Å². The molecule has 4 nitrogen and oxygen atoms in total. The van der Waals surface area contributed by atoms with E-state index in [0.29, 0.717) is 18.7 Å². The molecule has 104 valence electrons. The first kappa shape index (κ1) is 14.1. The summed E-state index contributed by atoms with van der Waals surface area (Å²) >= 11 is 0. The Morgan fingerprint density at radius 1 is 1.15 bits per heavy atom. The van der Waals surface area contributed by atoms with Gasteiger partial charge in [0, 0.05) is 11.9 Å². The predicted octanol–water partition coefficient (Wildman–Crippen LogP) is 2.51. The zero-order valence-electron chi connectivity index (χ0n) is 11.7. The van der Waals surface area contributed by atoms with Crippen LogP contribution in [0.5, 0.6) is 5.75 Å². The molecule has 0 bridgehead atoms. The fourth-order valence-corrected chi connectivity index (χ4v) is 1.67. The van der Waals surface area contributed by atoms with Gasteiger partial charge in [-0.15, -0.1) is 0 Å². The number of rotatable bonds is 5. The van der Waals surface area contributed by atoms with Gasteiger partial charge in [0.05, 0.1) is 12.1 Å². The van der Waals surface area contributed by atoms with Gasteiger partial charge in [0.15, 0.2) is 0 Å². The lowest BCUT2D eigenvalue weighted by atomic mass is 10.2. The number of nitrogens with one attached hydrogen (secondary N) is 1. The first-order valence-corrected chi connectivity index (χ1v) is 6.55. The Kier molecular flexibility index (Phi) is 4.71. The molecule has 20 heavy (non-hydrogen) atoms. The topological polar surface area (TPSA) is 51.2 Å². The molecule has 1 aromatic carbocycles. The number of carbonyl (C=O) groups is 1. The predicted molar refractivity (Wildman–Crippen MR) is 78.0 cm³/mol. The molecule has 0 unspecified atom stereocenters. The number of amides is 1. The second-order valence-electron chi connectivity index (χ2n) is 4.61. The van der Waals surface area contributed by atoms with Crippen LogP contribution in [0.4, 0.5) is 0 Å². The van der Waals surface area contributed by atoms with Gasteiger partial charge in [0.25, 0.3) is 5.91 Å². The molecule has 0 saturated heterocycles. The molecular formula is C16H18N2O2. The number of carbonyl (C=O) groups excluding carboxylic acids is 1. The highest BCUT2D eigenvalue weighted by molar-refractivity contribution is 5.93. The maximum atomic E-state index is 11.8. The van der Waals surface area contributed by atoms with Crippen LogP contribution in [0.1, 0.15) is 21.6 Å². The molecule has 0 aliphatic rings. The van der Waals surface area contributed by atoms with Crippen LogP contribution in [0.3, 0.4) is 0 Å². The first-order chi connectivity index (χ1) is 9.65. The average Bonchev–Trinajstić information content (AvgIpc) is 2.46. The fourth-order valence-electron chi connectivity index (χ4n) is 1.67. The Hall–Kier alpha value is -2.36. The van der Waals surface area contributed by atoms with E-state index in [-0.39, 0.29) is 5.91 Å². The van der Waals surface area contributed by atoms with E-state index in [1.165, 1.54) is 5.56 Å². The maximum absolute atomic E-state index is 11.8. The van der Waals surface area contributed by atoms with Crippen molar-refractivity contribution in [2.45, 2.75) is 13.8 Å². The van der Waals surface area contributed by atoms with Gasteiger partial charge >= 0.3 is 0 Å². The van der Waals surface area contributed by atoms with E-state index < -0.39 is 0 Å². The van der Waals surface area contributed by atoms with Crippen molar-refractivity contribution in [3.05, 3.63) is 59.4 Å². The summed E-state index contributed by atoms with van der Waals surface area (Å²) in [6, 6.07) is 11.4. The second kappa shape index (κ2) is 6.70. The van der Waals surface area contributed by atoms with Crippen LogP contribution in [-0.4, -0.2) is 24.0 Å². The van der Waals surface area contributed by atoms with Crippen molar-refractivity contribution in [3.63, 3.8) is 0 Å². The van der Waals surface area contributed by atoms with Gasteiger partial charge in [-0.25, -0.2) is 0 Å². The molecule has 0 aliphatic carbocycles. The summed E-state index contributed by atoms with van der Waals surface area (Å²) in [4.78, 5) is 15.9. The minimum atomic E-state index is -0.134. The number of ether oxygens (including phenoxy) is 1. The number of benzene rings is 1. The van der Waals surface area contributed by atoms with E-state index in [4.69, 9.17) is 4.74 Å². The SMILES string of the molecule is Cc1ccc(OCCNC(=O)c2ccc(C)nc2)cc1. The summed E-state index contributed by atoms with van der Waals surface area (Å²) < 4.78 is 5.54. The Bertz CT molecular complexity index is 562. The van der Waals surface area contributed by atoms with E-state index in [9.17, 15) is 4.79 Å². The molecule has 0 spiro atoms. The number of hydrogen-bond donors (Lipinski definition) is 1. The summed E-state index contributed by atoms with van der Waals surface area (Å²) in [7, 11) is 0. The van der Waals surface area contributed by atoms with Crippen molar-refractivity contribution in [2.75, 3.05) is 13.2 Å². The van der Waals surface area contributed by atoms with Gasteiger partial charge in [-0.05, 0) is 38.1 Å². The first-order valence-electron chi connectivity index (χ1n) is 6.55. The molecule has 1 aromatic heterocycles. The third kappa shape index (κ3) is 4.09. The number of nitrogens with zero attached hydrogens (tertiary/aromatic N) is 1. The quantitative estimate of drug-likeness (QED) is 0.849. The minimum Gasteiger partial charge on any atom is -0.492 e. The molecule has 1 amide bonds. The van der Waals surface area contributed by atoms with Crippen molar-refractivity contribution in [3.8, 4) is 5.75 Å². The van der Waals surface area contributed by atoms with Crippen LogP contribution in [0.2, 0.25) is 0 Å². The van der Waals surface area contributed by atoms with Gasteiger partial charge in [-0.1, -0.05) is 17.7 Å². The van der Waals surface area contributed by atoms with Crippen molar-refractivity contribution in [1.82, 2.24) is 10.3 Å². The van der Waals surface area contributed by atoms with E-state index in [0.717, 1.165) is 11.4 Å². The molecule has 1 heterocycles. The van der Waals surface area contributed by atoms with Gasteiger partial charge in [-0.3, -0.25) is 9.78 Å². The maximum Gasteiger partial charge on any atom is 0.252 e. The molecule has 0 aliphatic heterocycles. The highest BCUT2D eigenvalue weighted by atomic mass is 16.5. The minimum absolute atomic E-state index is 0.134. The van der Waals surface area contributed by atoms with Crippen LogP contribution >= 0.6 is 0 Å². The highest BCUT2D eigenvalue weighted by Gasteiger charge is 2.04. The molecular weight excluding hydrogens is 252 g/mol. The summed E-state index contributed by atoms with van der Waals surface area (Å²) in [5, 5.41) is 2.80. The monoisotopic (exact) mass is 270 g/mol. The molecule has 0 fully saturated rings. The van der Waals surface area contributed by atoms with Gasteiger partial charge in [-0.2, -0.15) is 0 Å². The molecule has 2 aromatic rings. The Labute approximate surface area is 118 Å². The number of aryl methyl sites for hydroxylation is 2. The lowest BCUT2D eigenvalue weighted by Gasteiger charge is -2.08. The Balaban J connectivity index is 1.74. The van der Waals surface area contributed by atoms with Gasteiger partial charge in [0.1, 0.15) is 12.4 Å². The summed E-state index contributed by atoms with van der Waals surface area (Å²) in [6.45, 7) is 4.81. The Morgan fingerprint density at radius 3 is 2.55 bits per heavy atom. The number of hydrogen-bond acceptors (Lipinski definition) is 3. The van der Waals surface area contributed by atoms with E-state index >= 15 is 0 Å². The standard InChI is InChI=1S/C16H18N2O2/c1-12-3-7-15(8-4-12)20-10-9-17-16(19)14-6-5-13(2)18-11-14/h3-8,11H,9-10H2,1-2H3,(H,17,19). The zero-order chi connectivity index (χ0) is 14.4. The van der Waals surface area contributed by atoms with Gasteiger partial charge in [0.2, 0.25) is 0 Å². The van der Waals surface area contributed by atoms with E-state index in [1.807, 2.05) is 44.2 Å². The third-order valence-corrected chi connectivity index (χ3v) is 2.85. The van der Waals surface area contributed by atoms with Crippen molar-refractivity contribution in [1.29, 1.82) is 0 Å². The van der Waals surface area contributed by atoms with E-state index in [1.54, 1.807) is 12.3 Å². The summed E-state index contributed by atoms with van der Waals surface area (Å²) in [6.07, 6.45) is 1.57. The second-order valence-corrected chi connectivity index (χ2v) is 4.61. The van der Waals surface area contributed by atoms with Crippen LogP contribution < -0.4 is 10.1 Å². The van der Waals surface area contributed by atoms with Crippen molar-refractivity contribution < 1.29 is 9.53 Å². The van der Waals surface area contributed by atoms with E-state index in [2.05, 4.69) is 10.3 Å². The summed E-state index contributed by atoms with van der Waals surface area (Å²) in [5.41, 5.74) is 2.65. The van der Waals surface area contributed by atoms with Gasteiger partial charge < -0.3 is 10.1 Å². The molecule has 0 saturated carbocycles. The fraction of sp³-hybridized carbons (Fsp3) is 0.250. The van der Waals surface area contributed by atoms with Crippen molar-refractivity contribution in [2.24, 2.45) is 0 Å². The molecule has 1 N–H and O–H groups in total. The third-order valence-electron chi connectivity index (χ3n) is 2.85. The average molecular weight is 270 g/mol. The largest absolute Gasteiger partial charge is 0.492 e. The molecule has 0 radical (unpaired) electrons. The normalized spacial score (nSPS) is 10.1. The number of pyridine rings is 1.